The molecule has 1 saturated heterocycles. The molecule has 1 aliphatic heterocycles. The fraction of sp³-hybridized carbons (Fsp3) is 0.588. The molecule has 136 valence electrons. The second kappa shape index (κ2) is 8.44. The maximum Gasteiger partial charge on any atom is 0.191 e. The summed E-state index contributed by atoms with van der Waals surface area (Å²) in [4.78, 5) is 12.5. The van der Waals surface area contributed by atoms with Crippen molar-refractivity contribution in [3.05, 3.63) is 34.5 Å². The summed E-state index contributed by atoms with van der Waals surface area (Å²) in [6.45, 7) is 2.68. The molecule has 25 heavy (non-hydrogen) atoms. The Kier molecular flexibility index (Phi) is 6.04. The van der Waals surface area contributed by atoms with Crippen molar-refractivity contribution in [2.75, 3.05) is 27.2 Å². The highest BCUT2D eigenvalue weighted by Gasteiger charge is 2.31. The van der Waals surface area contributed by atoms with Crippen molar-refractivity contribution >= 4 is 17.3 Å². The number of aromatic nitrogens is 3. The van der Waals surface area contributed by atoms with Crippen LogP contribution in [0.2, 0.25) is 0 Å². The van der Waals surface area contributed by atoms with E-state index in [-0.39, 0.29) is 0 Å². The quantitative estimate of drug-likeness (QED) is 0.626. The number of nitrogens with zero attached hydrogens (tertiary/aromatic N) is 5. The molecule has 8 heteroatoms. The van der Waals surface area contributed by atoms with E-state index in [1.165, 1.54) is 17.7 Å². The van der Waals surface area contributed by atoms with Gasteiger partial charge in [0, 0.05) is 31.6 Å². The van der Waals surface area contributed by atoms with Gasteiger partial charge in [0.25, 0.3) is 0 Å². The number of guanidine groups is 1. The van der Waals surface area contributed by atoms with Crippen LogP contribution >= 0.6 is 11.3 Å². The predicted octanol–water partition coefficient (Wildman–Crippen LogP) is 1.62. The Hall–Kier alpha value is -1.93. The van der Waals surface area contributed by atoms with Gasteiger partial charge >= 0.3 is 0 Å². The molecule has 0 aromatic carbocycles. The van der Waals surface area contributed by atoms with Gasteiger partial charge in [-0.25, -0.2) is 4.98 Å². The Labute approximate surface area is 153 Å². The van der Waals surface area contributed by atoms with Gasteiger partial charge in [0.2, 0.25) is 0 Å². The van der Waals surface area contributed by atoms with Gasteiger partial charge in [-0.3, -0.25) is 14.6 Å². The average Bonchev–Trinajstić information content (AvgIpc) is 3.27. The Morgan fingerprint density at radius 2 is 2.28 bits per heavy atom. The Bertz CT molecular complexity index is 679. The van der Waals surface area contributed by atoms with E-state index in [1.54, 1.807) is 18.1 Å². The van der Waals surface area contributed by atoms with Gasteiger partial charge in [0.05, 0.1) is 6.54 Å². The lowest BCUT2D eigenvalue weighted by molar-refractivity contribution is 0.125. The van der Waals surface area contributed by atoms with Crippen molar-refractivity contribution in [2.24, 2.45) is 18.0 Å². The van der Waals surface area contributed by atoms with Gasteiger partial charge in [0.1, 0.15) is 12.2 Å². The average molecular weight is 362 g/mol. The first-order chi connectivity index (χ1) is 12.2. The van der Waals surface area contributed by atoms with Crippen molar-refractivity contribution in [1.29, 1.82) is 0 Å². The summed E-state index contributed by atoms with van der Waals surface area (Å²) >= 11 is 1.85. The SMILES string of the molecule is CN=C(NCc1ncnn1C)NCC1CCCN(C)C1c1cccs1. The van der Waals surface area contributed by atoms with Gasteiger partial charge in [0.15, 0.2) is 5.96 Å². The van der Waals surface area contributed by atoms with E-state index in [9.17, 15) is 0 Å². The van der Waals surface area contributed by atoms with Gasteiger partial charge in [-0.05, 0) is 43.8 Å². The molecule has 7 nitrogen and oxygen atoms in total. The summed E-state index contributed by atoms with van der Waals surface area (Å²) in [6.07, 6.45) is 4.05. The third-order valence-corrected chi connectivity index (χ3v) is 5.76. The number of hydrogen-bond acceptors (Lipinski definition) is 5. The molecule has 3 heterocycles. The Balaban J connectivity index is 1.57. The number of aliphatic imine (C=N–C) groups is 1. The van der Waals surface area contributed by atoms with E-state index < -0.39 is 0 Å². The van der Waals surface area contributed by atoms with Crippen LogP contribution in [0.5, 0.6) is 0 Å². The number of piperidine rings is 1. The standard InChI is InChI=1S/C17H27N7S/c1-18-17(20-11-15-21-12-22-24(15)3)19-10-13-6-4-8-23(2)16(13)14-7-5-9-25-14/h5,7,9,12-13,16H,4,6,8,10-11H2,1-3H3,(H2,18,19,20). The third kappa shape index (κ3) is 4.38. The first-order valence-corrected chi connectivity index (χ1v) is 9.58. The lowest BCUT2D eigenvalue weighted by Gasteiger charge is -2.39. The van der Waals surface area contributed by atoms with Crippen LogP contribution in [0.15, 0.2) is 28.8 Å². The molecule has 1 fully saturated rings. The number of hydrogen-bond donors (Lipinski definition) is 2. The highest BCUT2D eigenvalue weighted by Crippen LogP contribution is 2.36. The largest absolute Gasteiger partial charge is 0.356 e. The molecule has 0 aliphatic carbocycles. The molecule has 2 unspecified atom stereocenters. The molecule has 3 rings (SSSR count). The van der Waals surface area contributed by atoms with Crippen LogP contribution in [0, 0.1) is 5.92 Å². The lowest BCUT2D eigenvalue weighted by Crippen LogP contribution is -2.44. The zero-order valence-electron chi connectivity index (χ0n) is 15.1. The molecule has 0 bridgehead atoms. The first kappa shape index (κ1) is 17.9. The van der Waals surface area contributed by atoms with Crippen LogP contribution in [0.25, 0.3) is 0 Å². The van der Waals surface area contributed by atoms with Crippen molar-refractivity contribution in [3.63, 3.8) is 0 Å². The molecule has 0 amide bonds. The predicted molar refractivity (Wildman–Crippen MR) is 102 cm³/mol. The topological polar surface area (TPSA) is 70.4 Å². The van der Waals surface area contributed by atoms with Gasteiger partial charge in [-0.1, -0.05) is 6.07 Å². The van der Waals surface area contributed by atoms with E-state index in [1.807, 2.05) is 18.4 Å². The van der Waals surface area contributed by atoms with E-state index in [0.29, 0.717) is 18.5 Å². The van der Waals surface area contributed by atoms with Gasteiger partial charge in [-0.2, -0.15) is 5.10 Å². The second-order valence-electron chi connectivity index (χ2n) is 6.45. The van der Waals surface area contributed by atoms with Gasteiger partial charge in [-0.15, -0.1) is 11.3 Å². The minimum Gasteiger partial charge on any atom is -0.356 e. The molecule has 2 atom stereocenters. The van der Waals surface area contributed by atoms with Gasteiger partial charge < -0.3 is 10.6 Å². The number of thiophene rings is 1. The Morgan fingerprint density at radius 1 is 1.40 bits per heavy atom. The zero-order valence-corrected chi connectivity index (χ0v) is 16.0. The molecular weight excluding hydrogens is 334 g/mol. The van der Waals surface area contributed by atoms with E-state index in [2.05, 4.69) is 55.2 Å². The summed E-state index contributed by atoms with van der Waals surface area (Å²) in [5.41, 5.74) is 0. The first-order valence-electron chi connectivity index (χ1n) is 8.70. The number of rotatable bonds is 5. The highest BCUT2D eigenvalue weighted by molar-refractivity contribution is 7.10. The summed E-state index contributed by atoms with van der Waals surface area (Å²) < 4.78 is 1.77. The maximum absolute atomic E-state index is 4.33. The van der Waals surface area contributed by atoms with Crippen LogP contribution in [-0.2, 0) is 13.6 Å². The number of nitrogens with one attached hydrogen (secondary N) is 2. The third-order valence-electron chi connectivity index (χ3n) is 4.82. The zero-order chi connectivity index (χ0) is 17.6. The maximum atomic E-state index is 4.33. The molecule has 2 aromatic heterocycles. The van der Waals surface area contributed by atoms with Crippen LogP contribution in [-0.4, -0.2) is 52.8 Å². The van der Waals surface area contributed by atoms with Crippen molar-refractivity contribution in [3.8, 4) is 0 Å². The van der Waals surface area contributed by atoms with Crippen molar-refractivity contribution in [2.45, 2.75) is 25.4 Å². The molecule has 1 aliphatic rings. The number of likely N-dealkylation sites (tertiary alicyclic amines) is 1. The molecular formula is C17H27N7S. The smallest absolute Gasteiger partial charge is 0.191 e. The van der Waals surface area contributed by atoms with Crippen LogP contribution in [0.3, 0.4) is 0 Å². The normalized spacial score (nSPS) is 22.1. The van der Waals surface area contributed by atoms with Crippen LogP contribution in [0.4, 0.5) is 0 Å². The molecule has 0 saturated carbocycles. The lowest BCUT2D eigenvalue weighted by atomic mass is 9.88. The number of aryl methyl sites for hydroxylation is 1. The fourth-order valence-electron chi connectivity index (χ4n) is 3.47. The van der Waals surface area contributed by atoms with E-state index >= 15 is 0 Å². The summed E-state index contributed by atoms with van der Waals surface area (Å²) in [7, 11) is 5.93. The van der Waals surface area contributed by atoms with E-state index in [4.69, 9.17) is 0 Å². The minimum atomic E-state index is 0.484. The molecule has 2 N–H and O–H groups in total. The summed E-state index contributed by atoms with van der Waals surface area (Å²) in [5, 5.41) is 13.1. The minimum absolute atomic E-state index is 0.484. The highest BCUT2D eigenvalue weighted by atomic mass is 32.1. The van der Waals surface area contributed by atoms with Crippen molar-refractivity contribution < 1.29 is 0 Å². The molecule has 2 aromatic rings. The van der Waals surface area contributed by atoms with Crippen LogP contribution in [0.1, 0.15) is 29.6 Å². The van der Waals surface area contributed by atoms with Crippen molar-refractivity contribution in [1.82, 2.24) is 30.3 Å². The van der Waals surface area contributed by atoms with E-state index in [0.717, 1.165) is 24.9 Å². The second-order valence-corrected chi connectivity index (χ2v) is 7.43. The summed E-state index contributed by atoms with van der Waals surface area (Å²) in [5.74, 6) is 2.27. The van der Waals surface area contributed by atoms with Crippen LogP contribution < -0.4 is 10.6 Å². The molecule has 0 radical (unpaired) electrons. The monoisotopic (exact) mass is 361 g/mol. The molecule has 0 spiro atoms. The summed E-state index contributed by atoms with van der Waals surface area (Å²) in [6, 6.07) is 4.89. The fourth-order valence-corrected chi connectivity index (χ4v) is 4.46. The Morgan fingerprint density at radius 3 is 2.96 bits per heavy atom.